The highest BCUT2D eigenvalue weighted by molar-refractivity contribution is 8.39. The number of aliphatic imine (C=N–C) groups is 1. The molecule has 36 heavy (non-hydrogen) atoms. The minimum Gasteiger partial charge on any atom is -0.497 e. The van der Waals surface area contributed by atoms with Crippen molar-refractivity contribution in [1.29, 1.82) is 0 Å². The third kappa shape index (κ3) is 5.54. The van der Waals surface area contributed by atoms with Crippen LogP contribution < -0.4 is 15.4 Å². The summed E-state index contributed by atoms with van der Waals surface area (Å²) < 4.78 is 6.75. The van der Waals surface area contributed by atoms with Crippen LogP contribution in [0.25, 0.3) is 10.9 Å². The quantitative estimate of drug-likeness (QED) is 0.363. The second-order valence-corrected chi connectivity index (χ2v) is 12.6. The number of fused-ring (bicyclic) bond motifs is 4. The third-order valence-electron chi connectivity index (χ3n) is 7.60. The molecule has 2 aromatic rings. The van der Waals surface area contributed by atoms with Crippen LogP contribution in [0, 0.1) is 11.8 Å². The van der Waals surface area contributed by atoms with Gasteiger partial charge in [0, 0.05) is 36.5 Å². The molecular formula is C27H35N5OS3. The van der Waals surface area contributed by atoms with Gasteiger partial charge in [-0.1, -0.05) is 24.8 Å². The SMILES string of the molecule is C=CC1CN2CCC1C[C@H]2[C@@H](NC(=S)NC[C@@H]1CSC(SCC)=N1)c1ccnc2ccc(OC)cc12. The Morgan fingerprint density at radius 2 is 2.31 bits per heavy atom. The molecule has 1 aromatic heterocycles. The van der Waals surface area contributed by atoms with Crippen molar-refractivity contribution in [3.63, 3.8) is 0 Å². The second-order valence-electron chi connectivity index (χ2n) is 9.65. The molecule has 0 saturated carbocycles. The number of thioether (sulfide) groups is 2. The molecule has 3 fully saturated rings. The van der Waals surface area contributed by atoms with E-state index in [1.54, 1.807) is 7.11 Å². The van der Waals surface area contributed by atoms with Crippen molar-refractivity contribution >= 4 is 56.1 Å². The van der Waals surface area contributed by atoms with Crippen LogP contribution in [0.1, 0.15) is 31.4 Å². The first-order chi connectivity index (χ1) is 17.6. The molecule has 192 valence electrons. The van der Waals surface area contributed by atoms with Gasteiger partial charge in [-0.25, -0.2) is 0 Å². The minimum absolute atomic E-state index is 0.0452. The molecule has 0 radical (unpaired) electrons. The van der Waals surface area contributed by atoms with E-state index >= 15 is 0 Å². The van der Waals surface area contributed by atoms with Gasteiger partial charge in [-0.15, -0.1) is 18.3 Å². The minimum atomic E-state index is 0.0452. The number of methoxy groups -OCH3 is 1. The molecule has 6 atom stereocenters. The summed E-state index contributed by atoms with van der Waals surface area (Å²) in [6.45, 7) is 9.21. The van der Waals surface area contributed by atoms with Gasteiger partial charge >= 0.3 is 0 Å². The van der Waals surface area contributed by atoms with Gasteiger partial charge in [0.05, 0.1) is 24.7 Å². The Hall–Kier alpha value is -1.81. The van der Waals surface area contributed by atoms with Gasteiger partial charge in [-0.3, -0.25) is 14.9 Å². The first-order valence-corrected chi connectivity index (χ1v) is 15.1. The van der Waals surface area contributed by atoms with Gasteiger partial charge in [0.25, 0.3) is 0 Å². The number of ether oxygens (including phenoxy) is 1. The summed E-state index contributed by atoms with van der Waals surface area (Å²) in [6.07, 6.45) is 6.43. The van der Waals surface area contributed by atoms with E-state index in [2.05, 4.69) is 52.2 Å². The molecule has 2 N–H and O–H groups in total. The van der Waals surface area contributed by atoms with E-state index in [0.29, 0.717) is 23.0 Å². The zero-order valence-electron chi connectivity index (χ0n) is 21.0. The number of rotatable bonds is 8. The molecule has 3 unspecified atom stereocenters. The molecule has 6 nitrogen and oxygen atoms in total. The van der Waals surface area contributed by atoms with E-state index in [1.807, 2.05) is 41.9 Å². The molecule has 4 aliphatic heterocycles. The zero-order valence-corrected chi connectivity index (χ0v) is 23.4. The third-order valence-corrected chi connectivity index (χ3v) is 10.1. The predicted octanol–water partition coefficient (Wildman–Crippen LogP) is 4.87. The number of aromatic nitrogens is 1. The largest absolute Gasteiger partial charge is 0.497 e. The predicted molar refractivity (Wildman–Crippen MR) is 158 cm³/mol. The van der Waals surface area contributed by atoms with Gasteiger partial charge in [0.15, 0.2) is 5.11 Å². The standard InChI is InChI=1S/C27H35N5OS3/c1-4-17-15-32-11-9-18(17)12-24(32)25(21-8-10-28-23-7-6-20(33-3)13-22(21)23)31-26(34)29-14-19-16-36-27(30-19)35-5-2/h4,6-8,10,13,17-19,24-25H,1,5,9,11-12,14-16H2,2-3H3,(H2,29,31,34)/t17?,18?,19-,24+,25+/m1/s1. The van der Waals surface area contributed by atoms with E-state index in [9.17, 15) is 0 Å². The summed E-state index contributed by atoms with van der Waals surface area (Å²) in [6, 6.07) is 8.91. The summed E-state index contributed by atoms with van der Waals surface area (Å²) in [5.74, 6) is 4.15. The number of pyridine rings is 1. The highest BCUT2D eigenvalue weighted by Gasteiger charge is 2.43. The highest BCUT2D eigenvalue weighted by Crippen LogP contribution is 2.42. The van der Waals surface area contributed by atoms with Crippen LogP contribution in [0.5, 0.6) is 5.75 Å². The van der Waals surface area contributed by atoms with Crippen molar-refractivity contribution in [2.45, 2.75) is 37.9 Å². The first kappa shape index (κ1) is 25.8. The van der Waals surface area contributed by atoms with Crippen LogP contribution in [0.3, 0.4) is 0 Å². The first-order valence-electron chi connectivity index (χ1n) is 12.8. The number of piperidine rings is 3. The summed E-state index contributed by atoms with van der Waals surface area (Å²) >= 11 is 9.54. The molecule has 1 aromatic carbocycles. The van der Waals surface area contributed by atoms with Crippen LogP contribution in [0.2, 0.25) is 0 Å². The highest BCUT2D eigenvalue weighted by atomic mass is 32.2. The van der Waals surface area contributed by atoms with Crippen molar-refractivity contribution in [3.8, 4) is 5.75 Å². The number of nitrogens with zero attached hydrogens (tertiary/aromatic N) is 3. The fourth-order valence-corrected chi connectivity index (χ4v) is 8.07. The maximum absolute atomic E-state index is 5.86. The molecule has 0 spiro atoms. The van der Waals surface area contributed by atoms with Gasteiger partial charge in [-0.05, 0) is 79.0 Å². The number of benzene rings is 1. The lowest BCUT2D eigenvalue weighted by atomic mass is 9.73. The van der Waals surface area contributed by atoms with E-state index < -0.39 is 0 Å². The average molecular weight is 542 g/mol. The summed E-state index contributed by atoms with van der Waals surface area (Å²) in [7, 11) is 1.71. The molecule has 9 heteroatoms. The Bertz CT molecular complexity index is 1140. The Morgan fingerprint density at radius 1 is 1.42 bits per heavy atom. The van der Waals surface area contributed by atoms with Gasteiger partial charge in [0.1, 0.15) is 10.1 Å². The Kier molecular flexibility index (Phi) is 8.40. The molecule has 2 bridgehead atoms. The molecule has 6 rings (SSSR count). The van der Waals surface area contributed by atoms with E-state index in [0.717, 1.165) is 54.2 Å². The maximum atomic E-state index is 5.86. The Morgan fingerprint density at radius 3 is 3.06 bits per heavy atom. The topological polar surface area (TPSA) is 61.8 Å². The molecular weight excluding hydrogens is 507 g/mol. The number of hydrogen-bond donors (Lipinski definition) is 2. The normalized spacial score (nSPS) is 27.9. The summed E-state index contributed by atoms with van der Waals surface area (Å²) in [4.78, 5) is 12.1. The van der Waals surface area contributed by atoms with Crippen molar-refractivity contribution in [2.24, 2.45) is 16.8 Å². The van der Waals surface area contributed by atoms with Gasteiger partial charge in [-0.2, -0.15) is 0 Å². The molecule has 0 amide bonds. The van der Waals surface area contributed by atoms with E-state index in [-0.39, 0.29) is 12.1 Å². The lowest BCUT2D eigenvalue weighted by molar-refractivity contribution is 0.00430. The van der Waals surface area contributed by atoms with Crippen LogP contribution >= 0.6 is 35.7 Å². The van der Waals surface area contributed by atoms with Crippen molar-refractivity contribution in [2.75, 3.05) is 38.2 Å². The Balaban J connectivity index is 1.39. The van der Waals surface area contributed by atoms with Crippen LogP contribution in [0.4, 0.5) is 0 Å². The fourth-order valence-electron chi connectivity index (χ4n) is 5.75. The molecule has 3 saturated heterocycles. The van der Waals surface area contributed by atoms with Gasteiger partial charge < -0.3 is 15.4 Å². The second kappa shape index (κ2) is 11.7. The number of nitrogens with one attached hydrogen (secondary N) is 2. The van der Waals surface area contributed by atoms with Crippen LogP contribution in [-0.4, -0.2) is 69.7 Å². The summed E-state index contributed by atoms with van der Waals surface area (Å²) in [5, 5.41) is 9.01. The average Bonchev–Trinajstić information content (AvgIpc) is 3.37. The molecule has 5 heterocycles. The number of thiocarbonyl (C=S) groups is 1. The van der Waals surface area contributed by atoms with E-state index in [4.69, 9.17) is 21.9 Å². The van der Waals surface area contributed by atoms with Crippen LogP contribution in [-0.2, 0) is 0 Å². The zero-order chi connectivity index (χ0) is 25.1. The fraction of sp³-hybridized carbons (Fsp3) is 0.519. The molecule has 0 aliphatic carbocycles. The lowest BCUT2D eigenvalue weighted by Crippen LogP contribution is -2.58. The Labute approximate surface area is 228 Å². The molecule has 4 aliphatic rings. The van der Waals surface area contributed by atoms with E-state index in [1.165, 1.54) is 16.4 Å². The maximum Gasteiger partial charge on any atom is 0.166 e. The number of hydrogen-bond acceptors (Lipinski definition) is 7. The van der Waals surface area contributed by atoms with Crippen molar-refractivity contribution in [3.05, 3.63) is 48.7 Å². The summed E-state index contributed by atoms with van der Waals surface area (Å²) in [5.41, 5.74) is 2.18. The smallest absolute Gasteiger partial charge is 0.166 e. The van der Waals surface area contributed by atoms with Gasteiger partial charge in [0.2, 0.25) is 0 Å². The lowest BCUT2D eigenvalue weighted by Gasteiger charge is -2.52. The monoisotopic (exact) mass is 541 g/mol. The van der Waals surface area contributed by atoms with Crippen molar-refractivity contribution in [1.82, 2.24) is 20.5 Å². The van der Waals surface area contributed by atoms with Crippen LogP contribution in [0.15, 0.2) is 48.1 Å². The van der Waals surface area contributed by atoms with Crippen molar-refractivity contribution < 1.29 is 4.74 Å².